The van der Waals surface area contributed by atoms with Gasteiger partial charge in [0.15, 0.2) is 0 Å². The number of nitrogens with one attached hydrogen (secondary N) is 2. The molecule has 0 bridgehead atoms. The van der Waals surface area contributed by atoms with E-state index in [2.05, 4.69) is 20.0 Å². The number of sulfonamides is 1. The van der Waals surface area contributed by atoms with Crippen molar-refractivity contribution in [3.63, 3.8) is 0 Å². The summed E-state index contributed by atoms with van der Waals surface area (Å²) in [4.78, 5) is 20.7. The highest BCUT2D eigenvalue weighted by molar-refractivity contribution is 7.92. The molecule has 0 aliphatic carbocycles. The molecule has 2 aromatic carbocycles. The monoisotopic (exact) mass is 518 g/mol. The van der Waals surface area contributed by atoms with Crippen molar-refractivity contribution >= 4 is 43.5 Å². The molecule has 3 rings (SSSR count). The van der Waals surface area contributed by atoms with Gasteiger partial charge in [-0.15, -0.1) is 0 Å². The number of carbonyl (C=O) groups is 1. The molecule has 0 spiro atoms. The first kappa shape index (κ1) is 26.1. The van der Waals surface area contributed by atoms with Gasteiger partial charge in [0.25, 0.3) is 15.9 Å². The maximum Gasteiger partial charge on any atom is 0.303 e. The molecule has 2 N–H and O–H groups in total. The van der Waals surface area contributed by atoms with Crippen LogP contribution in [0.25, 0.3) is 0 Å². The van der Waals surface area contributed by atoms with Gasteiger partial charge >= 0.3 is 10.2 Å². The van der Waals surface area contributed by atoms with E-state index in [4.69, 9.17) is 0 Å². The second-order valence-electron chi connectivity index (χ2n) is 7.86. The van der Waals surface area contributed by atoms with E-state index in [0.29, 0.717) is 28.3 Å². The Morgan fingerprint density at radius 1 is 0.829 bits per heavy atom. The summed E-state index contributed by atoms with van der Waals surface area (Å²) in [7, 11) is -3.29. The lowest BCUT2D eigenvalue weighted by Crippen LogP contribution is -2.37. The minimum absolute atomic E-state index is 0.0206. The molecule has 11 nitrogen and oxygen atoms in total. The van der Waals surface area contributed by atoms with E-state index >= 15 is 0 Å². The molecule has 1 aromatic heterocycles. The van der Waals surface area contributed by atoms with Gasteiger partial charge in [-0.05, 0) is 68.4 Å². The number of aryl methyl sites for hydroxylation is 2. The van der Waals surface area contributed by atoms with Crippen LogP contribution in [-0.2, 0) is 20.2 Å². The van der Waals surface area contributed by atoms with Gasteiger partial charge in [0.05, 0.1) is 10.6 Å². The van der Waals surface area contributed by atoms with Gasteiger partial charge < -0.3 is 5.32 Å². The summed E-state index contributed by atoms with van der Waals surface area (Å²) in [5, 5.41) is 2.68. The first-order chi connectivity index (χ1) is 16.3. The second kappa shape index (κ2) is 9.98. The first-order valence-corrected chi connectivity index (χ1v) is 13.2. The molecule has 0 aliphatic rings. The zero-order valence-electron chi connectivity index (χ0n) is 19.8. The minimum Gasteiger partial charge on any atom is -0.322 e. The Balaban J connectivity index is 1.70. The number of rotatable bonds is 8. The predicted molar refractivity (Wildman–Crippen MR) is 134 cm³/mol. The maximum absolute atomic E-state index is 12.7. The van der Waals surface area contributed by atoms with E-state index < -0.39 is 26.1 Å². The summed E-state index contributed by atoms with van der Waals surface area (Å²) >= 11 is 0. The zero-order chi connectivity index (χ0) is 26.0. The molecule has 3 aromatic rings. The van der Waals surface area contributed by atoms with Crippen LogP contribution in [0, 0.1) is 13.8 Å². The Morgan fingerprint density at radius 3 is 1.89 bits per heavy atom. The quantitative estimate of drug-likeness (QED) is 0.466. The van der Waals surface area contributed by atoms with Crippen molar-refractivity contribution in [2.75, 3.05) is 35.5 Å². The predicted octanol–water partition coefficient (Wildman–Crippen LogP) is 2.39. The summed E-state index contributed by atoms with van der Waals surface area (Å²) in [5.74, 6) is -0.459. The lowest BCUT2D eigenvalue weighted by Gasteiger charge is -2.23. The molecular weight excluding hydrogens is 492 g/mol. The Morgan fingerprint density at radius 2 is 1.37 bits per heavy atom. The molecule has 0 saturated heterocycles. The normalized spacial score (nSPS) is 11.8. The third-order valence-electron chi connectivity index (χ3n) is 4.93. The Bertz CT molecular complexity index is 1420. The highest BCUT2D eigenvalue weighted by atomic mass is 32.2. The van der Waals surface area contributed by atoms with Crippen LogP contribution in [0.5, 0.6) is 0 Å². The van der Waals surface area contributed by atoms with Crippen LogP contribution in [0.3, 0.4) is 0 Å². The van der Waals surface area contributed by atoms with Gasteiger partial charge in [-0.1, -0.05) is 0 Å². The number of nitrogens with zero attached hydrogens (tertiary/aromatic N) is 4. The van der Waals surface area contributed by atoms with Crippen molar-refractivity contribution in [3.8, 4) is 0 Å². The average Bonchev–Trinajstić information content (AvgIpc) is 2.78. The topological polar surface area (TPSA) is 142 Å². The maximum atomic E-state index is 12.7. The van der Waals surface area contributed by atoms with E-state index in [9.17, 15) is 21.6 Å². The smallest absolute Gasteiger partial charge is 0.303 e. The standard InChI is InChI=1S/C22H26N6O5S2/c1-15-14-16(2)24-22(23-15)26-34(30,31)20-12-8-18(9-13-20)25-21(29)17-6-10-19(11-7-17)28(5)35(32,33)27(3)4/h6-14H,1-5H3,(H,25,29)(H,23,24,26). The molecule has 1 amide bonds. The number of hydrogen-bond donors (Lipinski definition) is 2. The number of benzene rings is 2. The highest BCUT2D eigenvalue weighted by Crippen LogP contribution is 2.20. The Labute approximate surface area is 205 Å². The summed E-state index contributed by atoms with van der Waals surface area (Å²) in [5.41, 5.74) is 2.34. The lowest BCUT2D eigenvalue weighted by molar-refractivity contribution is 0.102. The van der Waals surface area contributed by atoms with Crippen LogP contribution in [0.1, 0.15) is 21.7 Å². The molecule has 0 unspecified atom stereocenters. The Kier molecular flexibility index (Phi) is 7.43. The molecule has 1 heterocycles. The fourth-order valence-electron chi connectivity index (χ4n) is 3.07. The van der Waals surface area contributed by atoms with Crippen molar-refractivity contribution in [2.24, 2.45) is 0 Å². The minimum atomic E-state index is -3.92. The molecule has 0 aliphatic heterocycles. The van der Waals surface area contributed by atoms with Gasteiger partial charge in [0.2, 0.25) is 5.95 Å². The molecule has 0 fully saturated rings. The van der Waals surface area contributed by atoms with Gasteiger partial charge in [0.1, 0.15) is 0 Å². The van der Waals surface area contributed by atoms with E-state index in [1.807, 2.05) is 0 Å². The van der Waals surface area contributed by atoms with Crippen LogP contribution in [0.15, 0.2) is 59.5 Å². The molecule has 0 atom stereocenters. The first-order valence-electron chi connectivity index (χ1n) is 10.3. The number of anilines is 3. The van der Waals surface area contributed by atoms with Crippen LogP contribution < -0.4 is 14.3 Å². The molecule has 186 valence electrons. The van der Waals surface area contributed by atoms with Crippen molar-refractivity contribution in [1.29, 1.82) is 0 Å². The number of amides is 1. The van der Waals surface area contributed by atoms with Crippen LogP contribution in [0.2, 0.25) is 0 Å². The molecule has 0 radical (unpaired) electrons. The van der Waals surface area contributed by atoms with E-state index in [0.717, 1.165) is 8.61 Å². The second-order valence-corrected chi connectivity index (χ2v) is 11.7. The Hall–Kier alpha value is -3.55. The summed E-state index contributed by atoms with van der Waals surface area (Å²) in [6.45, 7) is 3.48. The fourth-order valence-corrected chi connectivity index (χ4v) is 4.89. The average molecular weight is 519 g/mol. The third-order valence-corrected chi connectivity index (χ3v) is 8.10. The van der Waals surface area contributed by atoms with Crippen LogP contribution in [-0.4, -0.2) is 58.2 Å². The molecule has 35 heavy (non-hydrogen) atoms. The van der Waals surface area contributed by atoms with Crippen LogP contribution in [0.4, 0.5) is 17.3 Å². The van der Waals surface area contributed by atoms with E-state index in [-0.39, 0.29) is 10.8 Å². The van der Waals surface area contributed by atoms with Crippen LogP contribution >= 0.6 is 0 Å². The number of hydrogen-bond acceptors (Lipinski definition) is 7. The summed E-state index contributed by atoms with van der Waals surface area (Å²) in [6.07, 6.45) is 0. The van der Waals surface area contributed by atoms with Gasteiger partial charge in [-0.2, -0.15) is 12.7 Å². The van der Waals surface area contributed by atoms with Crippen molar-refractivity contribution in [1.82, 2.24) is 14.3 Å². The van der Waals surface area contributed by atoms with Gasteiger partial charge in [0, 0.05) is 43.8 Å². The SMILES string of the molecule is Cc1cc(C)nc(NS(=O)(=O)c2ccc(NC(=O)c3ccc(N(C)S(=O)(=O)N(C)C)cc3)cc2)n1. The number of aromatic nitrogens is 2. The zero-order valence-corrected chi connectivity index (χ0v) is 21.5. The highest BCUT2D eigenvalue weighted by Gasteiger charge is 2.21. The van der Waals surface area contributed by atoms with Gasteiger partial charge in [-0.25, -0.2) is 23.1 Å². The summed E-state index contributed by atoms with van der Waals surface area (Å²) in [6, 6.07) is 13.4. The number of carbonyl (C=O) groups excluding carboxylic acids is 1. The summed E-state index contributed by atoms with van der Waals surface area (Å²) < 4.78 is 54.3. The van der Waals surface area contributed by atoms with Crippen molar-refractivity contribution < 1.29 is 21.6 Å². The third kappa shape index (κ3) is 6.12. The lowest BCUT2D eigenvalue weighted by atomic mass is 10.2. The largest absolute Gasteiger partial charge is 0.322 e. The molecular formula is C22H26N6O5S2. The van der Waals surface area contributed by atoms with E-state index in [1.165, 1.54) is 69.7 Å². The molecule has 13 heteroatoms. The van der Waals surface area contributed by atoms with Crippen molar-refractivity contribution in [3.05, 3.63) is 71.5 Å². The molecule has 0 saturated carbocycles. The van der Waals surface area contributed by atoms with Gasteiger partial charge in [-0.3, -0.25) is 9.10 Å². The fraction of sp³-hybridized carbons (Fsp3) is 0.227. The van der Waals surface area contributed by atoms with E-state index in [1.54, 1.807) is 19.9 Å². The van der Waals surface area contributed by atoms with Crippen molar-refractivity contribution in [2.45, 2.75) is 18.7 Å².